The molecular weight excluding hydrogens is 344 g/mol. The lowest BCUT2D eigenvalue weighted by Gasteiger charge is -2.21. The summed E-state index contributed by atoms with van der Waals surface area (Å²) < 4.78 is 0. The molecule has 1 unspecified atom stereocenters. The van der Waals surface area contributed by atoms with Gasteiger partial charge in [0, 0.05) is 22.0 Å². The van der Waals surface area contributed by atoms with Gasteiger partial charge in [0.15, 0.2) is 0 Å². The minimum Gasteiger partial charge on any atom is -0.322 e. The third-order valence-electron chi connectivity index (χ3n) is 4.87. The number of hydrogen-bond acceptors (Lipinski definition) is 2. The van der Waals surface area contributed by atoms with Gasteiger partial charge in [-0.3, -0.25) is 4.79 Å². The predicted octanol–water partition coefficient (Wildman–Crippen LogP) is 4.83. The van der Waals surface area contributed by atoms with Crippen LogP contribution >= 0.6 is 11.6 Å². The summed E-state index contributed by atoms with van der Waals surface area (Å²) in [5, 5.41) is 1.84. The van der Waals surface area contributed by atoms with Crippen LogP contribution < -0.4 is 5.56 Å². The molecule has 1 heterocycles. The van der Waals surface area contributed by atoms with Crippen LogP contribution in [0.25, 0.3) is 10.9 Å². The van der Waals surface area contributed by atoms with Crippen molar-refractivity contribution in [3.63, 3.8) is 0 Å². The van der Waals surface area contributed by atoms with Crippen LogP contribution in [0.3, 0.4) is 0 Å². The number of nitrogens with zero attached hydrogens (tertiary/aromatic N) is 1. The third-order valence-corrected chi connectivity index (χ3v) is 5.12. The number of H-pyrrole nitrogens is 1. The van der Waals surface area contributed by atoms with Gasteiger partial charge in [-0.2, -0.15) is 0 Å². The van der Waals surface area contributed by atoms with Crippen molar-refractivity contribution < 1.29 is 0 Å². The number of hydrogen-bond donors (Lipinski definition) is 1. The molecule has 1 atom stereocenters. The second-order valence-corrected chi connectivity index (χ2v) is 7.46. The Morgan fingerprint density at radius 1 is 1.04 bits per heavy atom. The van der Waals surface area contributed by atoms with E-state index in [4.69, 9.17) is 11.6 Å². The Morgan fingerprint density at radius 2 is 1.73 bits per heavy atom. The van der Waals surface area contributed by atoms with Gasteiger partial charge in [0.05, 0.1) is 0 Å². The summed E-state index contributed by atoms with van der Waals surface area (Å²) in [6.45, 7) is 3.00. The van der Waals surface area contributed by atoms with Crippen LogP contribution in [-0.4, -0.2) is 30.5 Å². The molecule has 26 heavy (non-hydrogen) atoms. The Morgan fingerprint density at radius 3 is 2.38 bits per heavy atom. The molecule has 0 aliphatic carbocycles. The molecule has 1 aromatic heterocycles. The van der Waals surface area contributed by atoms with E-state index >= 15 is 0 Å². The van der Waals surface area contributed by atoms with Gasteiger partial charge in [0.1, 0.15) is 0 Å². The number of halogens is 1. The summed E-state index contributed by atoms with van der Waals surface area (Å²) in [6, 6.07) is 16.5. The van der Waals surface area contributed by atoms with Crippen molar-refractivity contribution in [2.75, 3.05) is 20.6 Å². The summed E-state index contributed by atoms with van der Waals surface area (Å²) in [5.74, 6) is 0.288. The molecule has 3 rings (SSSR count). The Balaban J connectivity index is 2.05. The van der Waals surface area contributed by atoms with Crippen LogP contribution in [-0.2, 0) is 6.42 Å². The first-order chi connectivity index (χ1) is 12.5. The van der Waals surface area contributed by atoms with E-state index in [-0.39, 0.29) is 11.5 Å². The summed E-state index contributed by atoms with van der Waals surface area (Å²) in [6.07, 6.45) is 1.75. The third kappa shape index (κ3) is 4.17. The highest BCUT2D eigenvalue weighted by Gasteiger charge is 2.15. The van der Waals surface area contributed by atoms with Crippen molar-refractivity contribution in [3.05, 3.63) is 80.6 Å². The van der Waals surface area contributed by atoms with Crippen LogP contribution in [0.15, 0.2) is 53.3 Å². The molecule has 0 amide bonds. The van der Waals surface area contributed by atoms with E-state index in [0.29, 0.717) is 0 Å². The zero-order chi connectivity index (χ0) is 18.7. The average Bonchev–Trinajstić information content (AvgIpc) is 2.62. The first-order valence-corrected chi connectivity index (χ1v) is 9.41. The number of pyridine rings is 1. The van der Waals surface area contributed by atoms with E-state index in [2.05, 4.69) is 48.2 Å². The number of benzene rings is 2. The van der Waals surface area contributed by atoms with E-state index in [1.54, 1.807) is 0 Å². The van der Waals surface area contributed by atoms with Crippen LogP contribution in [0.1, 0.15) is 36.0 Å². The number of fused-ring (bicyclic) bond motifs is 1. The molecular formula is C22H25ClN2O. The molecule has 0 fully saturated rings. The number of rotatable bonds is 6. The molecule has 0 aliphatic heterocycles. The van der Waals surface area contributed by atoms with Gasteiger partial charge in [-0.1, -0.05) is 36.7 Å². The van der Waals surface area contributed by atoms with Gasteiger partial charge < -0.3 is 9.88 Å². The van der Waals surface area contributed by atoms with E-state index < -0.39 is 0 Å². The van der Waals surface area contributed by atoms with Crippen LogP contribution in [0, 0.1) is 0 Å². The maximum atomic E-state index is 12.0. The number of aromatic amines is 1. The Kier molecular flexibility index (Phi) is 5.80. The second kappa shape index (κ2) is 8.07. The lowest BCUT2D eigenvalue weighted by atomic mass is 9.87. The molecule has 1 N–H and O–H groups in total. The summed E-state index contributed by atoms with van der Waals surface area (Å²) in [4.78, 5) is 17.2. The lowest BCUT2D eigenvalue weighted by molar-refractivity contribution is 0.390. The fourth-order valence-corrected chi connectivity index (χ4v) is 3.48. The van der Waals surface area contributed by atoms with Crippen molar-refractivity contribution in [1.29, 1.82) is 0 Å². The molecule has 0 radical (unpaired) electrons. The van der Waals surface area contributed by atoms with Gasteiger partial charge in [-0.05, 0) is 80.3 Å². The van der Waals surface area contributed by atoms with Gasteiger partial charge >= 0.3 is 0 Å². The van der Waals surface area contributed by atoms with Gasteiger partial charge in [0.25, 0.3) is 5.56 Å². The molecule has 3 nitrogen and oxygen atoms in total. The molecule has 3 aromatic rings. The van der Waals surface area contributed by atoms with Crippen molar-refractivity contribution in [3.8, 4) is 0 Å². The average molecular weight is 369 g/mol. The highest BCUT2D eigenvalue weighted by molar-refractivity contribution is 6.30. The molecule has 0 bridgehead atoms. The Bertz CT molecular complexity index is 945. The topological polar surface area (TPSA) is 36.1 Å². The van der Waals surface area contributed by atoms with Crippen molar-refractivity contribution >= 4 is 22.5 Å². The van der Waals surface area contributed by atoms with E-state index in [1.807, 2.05) is 31.2 Å². The molecule has 0 aliphatic rings. The largest absolute Gasteiger partial charge is 0.322 e. The highest BCUT2D eigenvalue weighted by atomic mass is 35.5. The molecule has 0 spiro atoms. The first kappa shape index (κ1) is 18.7. The normalized spacial score (nSPS) is 12.7. The maximum Gasteiger partial charge on any atom is 0.251 e. The fraction of sp³-hybridized carbons (Fsp3) is 0.318. The van der Waals surface area contributed by atoms with E-state index in [1.165, 1.54) is 11.1 Å². The maximum absolute atomic E-state index is 12.0. The second-order valence-electron chi connectivity index (χ2n) is 7.02. The van der Waals surface area contributed by atoms with Crippen LogP contribution in [0.5, 0.6) is 0 Å². The summed E-state index contributed by atoms with van der Waals surface area (Å²) in [7, 11) is 4.19. The smallest absolute Gasteiger partial charge is 0.251 e. The van der Waals surface area contributed by atoms with Crippen LogP contribution in [0.4, 0.5) is 0 Å². The zero-order valence-corrected chi connectivity index (χ0v) is 16.3. The lowest BCUT2D eigenvalue weighted by Crippen LogP contribution is -2.17. The minimum atomic E-state index is 0.00890. The summed E-state index contributed by atoms with van der Waals surface area (Å²) >= 11 is 6.07. The predicted molar refractivity (Wildman–Crippen MR) is 110 cm³/mol. The van der Waals surface area contributed by atoms with Gasteiger partial charge in [0.2, 0.25) is 0 Å². The fourth-order valence-electron chi connectivity index (χ4n) is 3.36. The zero-order valence-electron chi connectivity index (χ0n) is 15.6. The minimum absolute atomic E-state index is 0.00890. The first-order valence-electron chi connectivity index (χ1n) is 9.04. The highest BCUT2D eigenvalue weighted by Crippen LogP contribution is 2.31. The molecule has 4 heteroatoms. The quantitative estimate of drug-likeness (QED) is 0.676. The van der Waals surface area contributed by atoms with E-state index in [9.17, 15) is 4.79 Å². The number of aromatic nitrogens is 1. The van der Waals surface area contributed by atoms with Crippen molar-refractivity contribution in [2.24, 2.45) is 0 Å². The number of aryl methyl sites for hydroxylation is 1. The van der Waals surface area contributed by atoms with Gasteiger partial charge in [-0.15, -0.1) is 0 Å². The Hall–Kier alpha value is -2.10. The molecule has 0 saturated carbocycles. The van der Waals surface area contributed by atoms with Crippen molar-refractivity contribution in [2.45, 2.75) is 25.7 Å². The van der Waals surface area contributed by atoms with Gasteiger partial charge in [-0.25, -0.2) is 0 Å². The standard InChI is InChI=1S/C22H25ClN2O/c1-4-15-13-18-14-17(7-10-21(18)24-22(15)26)20(11-12-25(2)3)16-5-8-19(23)9-6-16/h5-10,13-14,20H,4,11-12H2,1-3H3,(H,24,26). The monoisotopic (exact) mass is 368 g/mol. The van der Waals surface area contributed by atoms with Crippen molar-refractivity contribution in [1.82, 2.24) is 9.88 Å². The molecule has 2 aromatic carbocycles. The van der Waals surface area contributed by atoms with Crippen LogP contribution in [0.2, 0.25) is 5.02 Å². The Labute approximate surface area is 159 Å². The number of nitrogens with one attached hydrogen (secondary N) is 1. The SMILES string of the molecule is CCc1cc2cc(C(CCN(C)C)c3ccc(Cl)cc3)ccc2[nH]c1=O. The van der Waals surface area contributed by atoms with E-state index in [0.717, 1.165) is 40.9 Å². The summed E-state index contributed by atoms with van der Waals surface area (Å²) in [5.41, 5.74) is 4.24. The molecule has 136 valence electrons. The molecule has 0 saturated heterocycles.